The van der Waals surface area contributed by atoms with Gasteiger partial charge in [0.25, 0.3) is 5.69 Å². The number of piperazine rings is 1. The lowest BCUT2D eigenvalue weighted by molar-refractivity contribution is -0.387. The summed E-state index contributed by atoms with van der Waals surface area (Å²) in [6, 6.07) is 2.81. The zero-order valence-corrected chi connectivity index (χ0v) is 17.3. The van der Waals surface area contributed by atoms with Crippen molar-refractivity contribution >= 4 is 40.5 Å². The molecule has 2 N–H and O–H groups in total. The predicted molar refractivity (Wildman–Crippen MR) is 106 cm³/mol. The van der Waals surface area contributed by atoms with Crippen LogP contribution in [-0.2, 0) is 10.0 Å². The molecule has 1 aromatic carbocycles. The molecular formula is C15H26Cl2N4O4S. The topological polar surface area (TPSA) is 105 Å². The van der Waals surface area contributed by atoms with E-state index in [4.69, 9.17) is 0 Å². The Morgan fingerprint density at radius 2 is 1.85 bits per heavy atom. The van der Waals surface area contributed by atoms with E-state index in [0.29, 0.717) is 17.5 Å². The second kappa shape index (κ2) is 11.0. The van der Waals surface area contributed by atoms with Gasteiger partial charge in [0.2, 0.25) is 10.0 Å². The van der Waals surface area contributed by atoms with Crippen LogP contribution < -0.4 is 10.0 Å². The van der Waals surface area contributed by atoms with E-state index in [0.717, 1.165) is 32.7 Å². The number of halogens is 2. The first-order valence-electron chi connectivity index (χ1n) is 8.00. The van der Waals surface area contributed by atoms with Gasteiger partial charge in [-0.25, -0.2) is 13.1 Å². The Hall–Kier alpha value is -0.970. The lowest BCUT2D eigenvalue weighted by Crippen LogP contribution is -2.44. The summed E-state index contributed by atoms with van der Waals surface area (Å²) < 4.78 is 27.6. The lowest BCUT2D eigenvalue weighted by atomic mass is 10.1. The highest BCUT2D eigenvalue weighted by molar-refractivity contribution is 7.89. The third-order valence-corrected chi connectivity index (χ3v) is 5.91. The zero-order chi connectivity index (χ0) is 17.7. The van der Waals surface area contributed by atoms with Crippen molar-refractivity contribution in [1.82, 2.24) is 14.9 Å². The molecule has 1 aliphatic heterocycles. The summed E-state index contributed by atoms with van der Waals surface area (Å²) in [6.07, 6.45) is 0.665. The number of rotatable bonds is 7. The Balaban J connectivity index is 0.00000312. The molecule has 0 bridgehead atoms. The monoisotopic (exact) mass is 428 g/mol. The number of nitro groups is 1. The third kappa shape index (κ3) is 6.33. The summed E-state index contributed by atoms with van der Waals surface area (Å²) in [5.74, 6) is 0. The lowest BCUT2D eigenvalue weighted by Gasteiger charge is -2.27. The van der Waals surface area contributed by atoms with E-state index in [1.165, 1.54) is 6.07 Å². The molecule has 0 amide bonds. The minimum absolute atomic E-state index is 0. The van der Waals surface area contributed by atoms with E-state index in [1.54, 1.807) is 19.9 Å². The summed E-state index contributed by atoms with van der Waals surface area (Å²) in [6.45, 7) is 8.20. The van der Waals surface area contributed by atoms with Crippen molar-refractivity contribution in [3.8, 4) is 0 Å². The van der Waals surface area contributed by atoms with Gasteiger partial charge in [0.15, 0.2) is 4.90 Å². The molecule has 0 atom stereocenters. The van der Waals surface area contributed by atoms with Crippen LogP contribution in [0.2, 0.25) is 0 Å². The van der Waals surface area contributed by atoms with Crippen molar-refractivity contribution in [2.75, 3.05) is 39.3 Å². The number of aryl methyl sites for hydroxylation is 1. The van der Waals surface area contributed by atoms with E-state index in [1.807, 2.05) is 0 Å². The summed E-state index contributed by atoms with van der Waals surface area (Å²) in [5.41, 5.74) is 0.744. The van der Waals surface area contributed by atoms with Gasteiger partial charge in [-0.2, -0.15) is 0 Å². The average Bonchev–Trinajstić information content (AvgIpc) is 2.54. The standard InChI is InChI=1S/C15H24N4O4S.2ClH/c1-12-4-5-14(19(20)21)15(13(12)2)24(22,23)17-6-3-9-18-10-7-16-8-11-18;;/h4-5,16-17H,3,6-11H2,1-2H3;2*1H. The molecule has 1 fully saturated rings. The highest BCUT2D eigenvalue weighted by Gasteiger charge is 2.28. The molecule has 1 aliphatic rings. The first kappa shape index (κ1) is 25.0. The maximum Gasteiger partial charge on any atom is 0.289 e. The van der Waals surface area contributed by atoms with Crippen molar-refractivity contribution in [1.29, 1.82) is 0 Å². The van der Waals surface area contributed by atoms with Crippen molar-refractivity contribution in [3.63, 3.8) is 0 Å². The van der Waals surface area contributed by atoms with Crippen LogP contribution in [0.3, 0.4) is 0 Å². The molecule has 150 valence electrons. The van der Waals surface area contributed by atoms with Crippen molar-refractivity contribution in [3.05, 3.63) is 33.4 Å². The van der Waals surface area contributed by atoms with Crippen LogP contribution in [0.15, 0.2) is 17.0 Å². The molecule has 0 aliphatic carbocycles. The molecule has 0 radical (unpaired) electrons. The van der Waals surface area contributed by atoms with Gasteiger partial charge < -0.3 is 10.2 Å². The van der Waals surface area contributed by atoms with Gasteiger partial charge in [-0.15, -0.1) is 24.8 Å². The van der Waals surface area contributed by atoms with Gasteiger partial charge >= 0.3 is 0 Å². The number of nitro benzene ring substituents is 1. The molecule has 1 heterocycles. The Bertz CT molecular complexity index is 710. The van der Waals surface area contributed by atoms with E-state index in [-0.39, 0.29) is 41.9 Å². The second-order valence-electron chi connectivity index (χ2n) is 5.96. The highest BCUT2D eigenvalue weighted by atomic mass is 35.5. The summed E-state index contributed by atoms with van der Waals surface area (Å²) in [7, 11) is -3.91. The van der Waals surface area contributed by atoms with Gasteiger partial charge in [-0.05, 0) is 37.9 Å². The van der Waals surface area contributed by atoms with Crippen LogP contribution in [0.4, 0.5) is 5.69 Å². The molecule has 2 rings (SSSR count). The molecule has 0 saturated carbocycles. The zero-order valence-electron chi connectivity index (χ0n) is 14.9. The largest absolute Gasteiger partial charge is 0.314 e. The van der Waals surface area contributed by atoms with Crippen molar-refractivity contribution in [2.24, 2.45) is 0 Å². The van der Waals surface area contributed by atoms with Gasteiger partial charge in [-0.1, -0.05) is 6.07 Å². The third-order valence-electron chi connectivity index (χ3n) is 4.27. The number of hydrogen-bond donors (Lipinski definition) is 2. The molecule has 0 unspecified atom stereocenters. The number of sulfonamides is 1. The Labute approximate surface area is 166 Å². The predicted octanol–water partition coefficient (Wildman–Crippen LogP) is 1.63. The molecule has 26 heavy (non-hydrogen) atoms. The van der Waals surface area contributed by atoms with Crippen LogP contribution >= 0.6 is 24.8 Å². The molecule has 0 spiro atoms. The first-order valence-corrected chi connectivity index (χ1v) is 9.48. The fraction of sp³-hybridized carbons (Fsp3) is 0.600. The maximum atomic E-state index is 12.5. The van der Waals surface area contributed by atoms with Crippen molar-refractivity contribution < 1.29 is 13.3 Å². The minimum atomic E-state index is -3.91. The fourth-order valence-corrected chi connectivity index (χ4v) is 4.31. The number of nitrogens with zero attached hydrogens (tertiary/aromatic N) is 2. The number of benzene rings is 1. The normalized spacial score (nSPS) is 15.0. The smallest absolute Gasteiger partial charge is 0.289 e. The minimum Gasteiger partial charge on any atom is -0.314 e. The van der Waals surface area contributed by atoms with Gasteiger partial charge in [0.1, 0.15) is 0 Å². The molecule has 1 aromatic rings. The van der Waals surface area contributed by atoms with Gasteiger partial charge in [0, 0.05) is 38.8 Å². The van der Waals surface area contributed by atoms with E-state index in [2.05, 4.69) is 14.9 Å². The van der Waals surface area contributed by atoms with Crippen LogP contribution in [0.1, 0.15) is 17.5 Å². The number of nitrogens with one attached hydrogen (secondary N) is 2. The molecule has 1 saturated heterocycles. The molecule has 8 nitrogen and oxygen atoms in total. The Kier molecular flexibility index (Phi) is 10.6. The van der Waals surface area contributed by atoms with Gasteiger partial charge in [-0.3, -0.25) is 10.1 Å². The van der Waals surface area contributed by atoms with Crippen LogP contribution in [0.25, 0.3) is 0 Å². The SMILES string of the molecule is Cc1ccc([N+](=O)[O-])c(S(=O)(=O)NCCCN2CCNCC2)c1C.Cl.Cl. The second-order valence-corrected chi connectivity index (χ2v) is 7.66. The molecule has 0 aromatic heterocycles. The highest BCUT2D eigenvalue weighted by Crippen LogP contribution is 2.29. The summed E-state index contributed by atoms with van der Waals surface area (Å²) >= 11 is 0. The molecule has 11 heteroatoms. The van der Waals surface area contributed by atoms with Crippen molar-refractivity contribution in [2.45, 2.75) is 25.2 Å². The summed E-state index contributed by atoms with van der Waals surface area (Å²) in [5, 5.41) is 14.4. The average molecular weight is 429 g/mol. The van der Waals surface area contributed by atoms with E-state index >= 15 is 0 Å². The Morgan fingerprint density at radius 1 is 1.23 bits per heavy atom. The molecular weight excluding hydrogens is 403 g/mol. The van der Waals surface area contributed by atoms with Crippen LogP contribution in [0.5, 0.6) is 0 Å². The fourth-order valence-electron chi connectivity index (χ4n) is 2.77. The first-order chi connectivity index (χ1) is 11.3. The van der Waals surface area contributed by atoms with Crippen LogP contribution in [0, 0.1) is 24.0 Å². The van der Waals surface area contributed by atoms with E-state index < -0.39 is 14.9 Å². The quantitative estimate of drug-likeness (QED) is 0.388. The Morgan fingerprint density at radius 3 is 2.42 bits per heavy atom. The van der Waals surface area contributed by atoms with Gasteiger partial charge in [0.05, 0.1) is 4.92 Å². The summed E-state index contributed by atoms with van der Waals surface area (Å²) in [4.78, 5) is 12.6. The maximum absolute atomic E-state index is 12.5. The van der Waals surface area contributed by atoms with E-state index in [9.17, 15) is 18.5 Å². The van der Waals surface area contributed by atoms with Crippen LogP contribution in [-0.4, -0.2) is 57.5 Å². The number of hydrogen-bond acceptors (Lipinski definition) is 6.